The Kier molecular flexibility index (Phi) is 3.63. The lowest BCUT2D eigenvalue weighted by atomic mass is 10.2. The highest BCUT2D eigenvalue weighted by molar-refractivity contribution is 6.30. The van der Waals surface area contributed by atoms with E-state index in [0.29, 0.717) is 5.03 Å². The van der Waals surface area contributed by atoms with Crippen LogP contribution < -0.4 is 0 Å². The summed E-state index contributed by atoms with van der Waals surface area (Å²) in [6, 6.07) is 0. The van der Waals surface area contributed by atoms with Gasteiger partial charge in [0, 0.05) is 5.03 Å². The summed E-state index contributed by atoms with van der Waals surface area (Å²) in [5, 5.41) is 0.615. The van der Waals surface area contributed by atoms with Gasteiger partial charge in [-0.25, -0.2) is 0 Å². The molecule has 0 aliphatic heterocycles. The highest BCUT2D eigenvalue weighted by atomic mass is 35.5. The normalized spacial score (nSPS) is 11.6. The van der Waals surface area contributed by atoms with Gasteiger partial charge in [0.25, 0.3) is 0 Å². The van der Waals surface area contributed by atoms with Crippen molar-refractivity contribution in [2.45, 2.75) is 20.3 Å². The van der Waals surface area contributed by atoms with Crippen molar-refractivity contribution in [1.82, 2.24) is 0 Å². The maximum atomic E-state index is 5.48. The predicted octanol–water partition coefficient (Wildman–Crippen LogP) is 3.10. The molecule has 0 aromatic rings. The maximum Gasteiger partial charge on any atom is 0.0333 e. The van der Waals surface area contributed by atoms with Crippen LogP contribution in [0, 0.1) is 0 Å². The van der Waals surface area contributed by atoms with E-state index in [0.717, 1.165) is 6.42 Å². The molecule has 0 aliphatic carbocycles. The quantitative estimate of drug-likeness (QED) is 0.504. The van der Waals surface area contributed by atoms with Gasteiger partial charge in [-0.2, -0.15) is 0 Å². The summed E-state index contributed by atoms with van der Waals surface area (Å²) in [7, 11) is 0. The van der Waals surface area contributed by atoms with Crippen LogP contribution in [0.1, 0.15) is 20.3 Å². The second-order valence-corrected chi connectivity index (χ2v) is 2.28. The zero-order chi connectivity index (χ0) is 6.57. The van der Waals surface area contributed by atoms with Crippen LogP contribution in [0.3, 0.4) is 0 Å². The molecule has 0 unspecified atom stereocenters. The molecule has 0 aromatic carbocycles. The lowest BCUT2D eigenvalue weighted by Crippen LogP contribution is -1.68. The smallest absolute Gasteiger partial charge is 0.0333 e. The lowest BCUT2D eigenvalue weighted by Gasteiger charge is -1.90. The molecule has 0 spiro atoms. The van der Waals surface area contributed by atoms with Crippen LogP contribution in [0.4, 0.5) is 0 Å². The summed E-state index contributed by atoms with van der Waals surface area (Å²) in [6.07, 6.45) is 2.92. The van der Waals surface area contributed by atoms with Crippen LogP contribution in [-0.4, -0.2) is 0 Å². The van der Waals surface area contributed by atoms with Gasteiger partial charge in [0.05, 0.1) is 0 Å². The average molecular weight is 131 g/mol. The van der Waals surface area contributed by atoms with E-state index >= 15 is 0 Å². The molecule has 0 radical (unpaired) electrons. The van der Waals surface area contributed by atoms with Gasteiger partial charge >= 0.3 is 0 Å². The van der Waals surface area contributed by atoms with Crippen LogP contribution in [0.25, 0.3) is 0 Å². The molecular formula is C7H11Cl. The Morgan fingerprint density at radius 2 is 2.25 bits per heavy atom. The standard InChI is InChI=1S/C7H11Cl/c1-4-6(2)5-7(3)8/h5H,3-4H2,1-2H3/b6-5-. The van der Waals surface area contributed by atoms with E-state index in [-0.39, 0.29) is 0 Å². The van der Waals surface area contributed by atoms with Gasteiger partial charge in [-0.1, -0.05) is 30.7 Å². The van der Waals surface area contributed by atoms with Crippen molar-refractivity contribution in [1.29, 1.82) is 0 Å². The first-order chi connectivity index (χ1) is 3.66. The molecule has 0 heterocycles. The van der Waals surface area contributed by atoms with Gasteiger partial charge in [-0.05, 0) is 19.4 Å². The molecule has 0 aromatic heterocycles. The third-order valence-electron chi connectivity index (χ3n) is 0.961. The van der Waals surface area contributed by atoms with Gasteiger partial charge in [-0.3, -0.25) is 0 Å². The van der Waals surface area contributed by atoms with Crippen molar-refractivity contribution in [2.24, 2.45) is 0 Å². The summed E-state index contributed by atoms with van der Waals surface area (Å²) in [5.74, 6) is 0. The second-order valence-electron chi connectivity index (χ2n) is 1.79. The SMILES string of the molecule is C=C(Cl)/C=C(/C)CC. The van der Waals surface area contributed by atoms with Crippen molar-refractivity contribution in [3.8, 4) is 0 Å². The Bertz CT molecular complexity index is 112. The Hall–Kier alpha value is -0.230. The highest BCUT2D eigenvalue weighted by Crippen LogP contribution is 2.05. The second kappa shape index (κ2) is 3.73. The van der Waals surface area contributed by atoms with Crippen molar-refractivity contribution in [2.75, 3.05) is 0 Å². The zero-order valence-corrected chi connectivity index (χ0v) is 6.13. The molecule has 0 atom stereocenters. The van der Waals surface area contributed by atoms with E-state index in [1.54, 1.807) is 0 Å². The molecule has 0 nitrogen and oxygen atoms in total. The summed E-state index contributed by atoms with van der Waals surface area (Å²) in [5.41, 5.74) is 1.27. The molecular weight excluding hydrogens is 120 g/mol. The van der Waals surface area contributed by atoms with E-state index in [2.05, 4.69) is 13.5 Å². The van der Waals surface area contributed by atoms with Gasteiger partial charge in [-0.15, -0.1) is 0 Å². The van der Waals surface area contributed by atoms with E-state index in [9.17, 15) is 0 Å². The number of rotatable bonds is 2. The summed E-state index contributed by atoms with van der Waals surface area (Å²) in [6.45, 7) is 7.66. The van der Waals surface area contributed by atoms with E-state index in [1.807, 2.05) is 13.0 Å². The molecule has 0 N–H and O–H groups in total. The Morgan fingerprint density at radius 3 is 2.38 bits per heavy atom. The van der Waals surface area contributed by atoms with Crippen LogP contribution in [0.5, 0.6) is 0 Å². The molecule has 1 heteroatoms. The minimum absolute atomic E-state index is 0.615. The van der Waals surface area contributed by atoms with E-state index in [1.165, 1.54) is 5.57 Å². The first kappa shape index (κ1) is 7.77. The van der Waals surface area contributed by atoms with Gasteiger partial charge in [0.15, 0.2) is 0 Å². The van der Waals surface area contributed by atoms with Crippen LogP contribution in [0.15, 0.2) is 23.3 Å². The first-order valence-corrected chi connectivity index (χ1v) is 3.06. The summed E-state index contributed by atoms with van der Waals surface area (Å²) >= 11 is 5.48. The highest BCUT2D eigenvalue weighted by Gasteiger charge is 1.82. The maximum absolute atomic E-state index is 5.48. The van der Waals surface area contributed by atoms with E-state index < -0.39 is 0 Å². The largest absolute Gasteiger partial charge is 0.0850 e. The summed E-state index contributed by atoms with van der Waals surface area (Å²) < 4.78 is 0. The van der Waals surface area contributed by atoms with Crippen molar-refractivity contribution >= 4 is 11.6 Å². The van der Waals surface area contributed by atoms with Gasteiger partial charge in [0.2, 0.25) is 0 Å². The zero-order valence-electron chi connectivity index (χ0n) is 5.37. The number of hydrogen-bond acceptors (Lipinski definition) is 0. The number of hydrogen-bond donors (Lipinski definition) is 0. The summed E-state index contributed by atoms with van der Waals surface area (Å²) in [4.78, 5) is 0. The minimum atomic E-state index is 0.615. The fraction of sp³-hybridized carbons (Fsp3) is 0.429. The molecule has 0 rings (SSSR count). The van der Waals surface area contributed by atoms with Crippen molar-refractivity contribution in [3.63, 3.8) is 0 Å². The Morgan fingerprint density at radius 1 is 1.75 bits per heavy atom. The molecule has 8 heavy (non-hydrogen) atoms. The topological polar surface area (TPSA) is 0 Å². The monoisotopic (exact) mass is 130 g/mol. The van der Waals surface area contributed by atoms with Crippen LogP contribution in [-0.2, 0) is 0 Å². The molecule has 0 bridgehead atoms. The van der Waals surface area contributed by atoms with Gasteiger partial charge in [0.1, 0.15) is 0 Å². The van der Waals surface area contributed by atoms with Crippen molar-refractivity contribution < 1.29 is 0 Å². The van der Waals surface area contributed by atoms with E-state index in [4.69, 9.17) is 11.6 Å². The predicted molar refractivity (Wildman–Crippen MR) is 39.0 cm³/mol. The van der Waals surface area contributed by atoms with Crippen LogP contribution >= 0.6 is 11.6 Å². The fourth-order valence-electron chi connectivity index (χ4n) is 0.369. The van der Waals surface area contributed by atoms with Gasteiger partial charge < -0.3 is 0 Å². The molecule has 0 saturated carbocycles. The van der Waals surface area contributed by atoms with Crippen LogP contribution in [0.2, 0.25) is 0 Å². The molecule has 0 amide bonds. The third-order valence-corrected chi connectivity index (χ3v) is 1.07. The first-order valence-electron chi connectivity index (χ1n) is 2.68. The number of halogens is 1. The Labute approximate surface area is 55.9 Å². The molecule has 0 saturated heterocycles. The third kappa shape index (κ3) is 3.94. The number of allylic oxidation sites excluding steroid dienone is 3. The fourth-order valence-corrected chi connectivity index (χ4v) is 0.556. The molecule has 0 aliphatic rings. The van der Waals surface area contributed by atoms with Crippen molar-refractivity contribution in [3.05, 3.63) is 23.3 Å². The average Bonchev–Trinajstić information content (AvgIpc) is 1.65. The Balaban J connectivity index is 3.75. The minimum Gasteiger partial charge on any atom is -0.0850 e. The molecule has 46 valence electrons. The lowest BCUT2D eigenvalue weighted by molar-refractivity contribution is 1.10. The molecule has 0 fully saturated rings.